The van der Waals surface area contributed by atoms with Crippen molar-refractivity contribution < 1.29 is 24.2 Å². The summed E-state index contributed by atoms with van der Waals surface area (Å²) >= 11 is 0. The molecule has 160 valence electrons. The largest absolute Gasteiger partial charge is 0.507 e. The van der Waals surface area contributed by atoms with Crippen LogP contribution < -0.4 is 4.90 Å². The molecule has 2 aromatic rings. The summed E-state index contributed by atoms with van der Waals surface area (Å²) in [6, 6.07) is 3.62. The molecule has 1 heterocycles. The van der Waals surface area contributed by atoms with E-state index >= 15 is 0 Å². The number of rotatable bonds is 3. The third-order valence-electron chi connectivity index (χ3n) is 5.41. The van der Waals surface area contributed by atoms with Gasteiger partial charge in [0.25, 0.3) is 0 Å². The Hall–Kier alpha value is -2.93. The molecule has 0 radical (unpaired) electrons. The number of aryl methyl sites for hydroxylation is 1. The van der Waals surface area contributed by atoms with E-state index in [1.807, 2.05) is 37.7 Å². The van der Waals surface area contributed by atoms with Gasteiger partial charge >= 0.3 is 0 Å². The maximum atomic E-state index is 14.9. The Morgan fingerprint density at radius 1 is 1.00 bits per heavy atom. The first-order chi connectivity index (χ1) is 14.3. The van der Waals surface area contributed by atoms with Gasteiger partial charge in [-0.05, 0) is 50.7 Å². The van der Waals surface area contributed by atoms with Gasteiger partial charge in [-0.15, -0.1) is 0 Å². The number of aromatic hydroxyl groups is 2. The second-order valence-electron chi connectivity index (χ2n) is 7.52. The van der Waals surface area contributed by atoms with Gasteiger partial charge in [-0.25, -0.2) is 4.39 Å². The van der Waals surface area contributed by atoms with Crippen molar-refractivity contribution in [2.75, 3.05) is 38.6 Å². The molecule has 7 heteroatoms. The number of nitrogens with zero attached hydrogens (tertiary/aromatic N) is 2. The molecule has 0 atom stereocenters. The Balaban J connectivity index is 0.00000124. The smallest absolute Gasteiger partial charge is 0.201 e. The molecule has 0 spiro atoms. The summed E-state index contributed by atoms with van der Waals surface area (Å²) in [5, 5.41) is 20.3. The van der Waals surface area contributed by atoms with Crippen LogP contribution in [0.1, 0.15) is 57.7 Å². The predicted octanol–water partition coefficient (Wildman–Crippen LogP) is 3.35. The molecule has 0 amide bonds. The minimum atomic E-state index is -0.781. The number of halogens is 1. The van der Waals surface area contributed by atoms with Crippen LogP contribution in [0.25, 0.3) is 0 Å². The molecular weight excluding hydrogens is 387 g/mol. The average molecular weight is 414 g/mol. The second kappa shape index (κ2) is 8.44. The molecule has 0 fully saturated rings. The lowest BCUT2D eigenvalue weighted by Crippen LogP contribution is -2.38. The lowest BCUT2D eigenvalue weighted by Gasteiger charge is -2.35. The molecule has 2 aromatic carbocycles. The van der Waals surface area contributed by atoms with Crippen LogP contribution in [0.2, 0.25) is 0 Å². The van der Waals surface area contributed by atoms with Crippen LogP contribution in [-0.2, 0) is 6.42 Å². The number of fused-ring (bicyclic) bond motifs is 4. The minimum absolute atomic E-state index is 0.00754. The number of hydrogen-bond acceptors (Lipinski definition) is 6. The summed E-state index contributed by atoms with van der Waals surface area (Å²) in [4.78, 5) is 30.3. The monoisotopic (exact) mass is 414 g/mol. The highest BCUT2D eigenvalue weighted by atomic mass is 19.1. The van der Waals surface area contributed by atoms with Gasteiger partial charge in [0, 0.05) is 19.6 Å². The predicted molar refractivity (Wildman–Crippen MR) is 113 cm³/mol. The van der Waals surface area contributed by atoms with Crippen LogP contribution >= 0.6 is 0 Å². The zero-order valence-electron chi connectivity index (χ0n) is 17.8. The summed E-state index contributed by atoms with van der Waals surface area (Å²) in [6.45, 7) is 6.05. The third kappa shape index (κ3) is 3.43. The van der Waals surface area contributed by atoms with E-state index in [0.29, 0.717) is 30.8 Å². The summed E-state index contributed by atoms with van der Waals surface area (Å²) in [6.07, 6.45) is 1.43. The van der Waals surface area contributed by atoms with Gasteiger partial charge in [-0.1, -0.05) is 13.8 Å². The van der Waals surface area contributed by atoms with E-state index in [0.717, 1.165) is 19.0 Å². The molecule has 0 aromatic heterocycles. The zero-order valence-corrected chi connectivity index (χ0v) is 17.8. The molecular formula is C23H27FN2O4. The molecule has 4 rings (SSSR count). The highest BCUT2D eigenvalue weighted by Crippen LogP contribution is 2.44. The van der Waals surface area contributed by atoms with E-state index in [1.54, 1.807) is 0 Å². The first-order valence-electron chi connectivity index (χ1n) is 10.2. The van der Waals surface area contributed by atoms with Gasteiger partial charge in [0.2, 0.25) is 11.6 Å². The van der Waals surface area contributed by atoms with Gasteiger partial charge in [-0.2, -0.15) is 0 Å². The lowest BCUT2D eigenvalue weighted by atomic mass is 9.79. The quantitative estimate of drug-likeness (QED) is 0.640. The molecule has 2 aliphatic rings. The number of phenolic OH excluding ortho intramolecular Hbond substituents is 2. The average Bonchev–Trinajstić information content (AvgIpc) is 2.72. The Kier molecular flexibility index (Phi) is 6.12. The van der Waals surface area contributed by atoms with Gasteiger partial charge in [-0.3, -0.25) is 9.59 Å². The van der Waals surface area contributed by atoms with Gasteiger partial charge < -0.3 is 20.0 Å². The van der Waals surface area contributed by atoms with E-state index in [4.69, 9.17) is 0 Å². The highest BCUT2D eigenvalue weighted by molar-refractivity contribution is 6.32. The first kappa shape index (κ1) is 21.8. The normalized spacial score (nSPS) is 14.7. The number of benzene rings is 2. The molecule has 6 nitrogen and oxygen atoms in total. The van der Waals surface area contributed by atoms with Crippen molar-refractivity contribution in [3.8, 4) is 11.5 Å². The summed E-state index contributed by atoms with van der Waals surface area (Å²) in [5.41, 5.74) is 0.318. The van der Waals surface area contributed by atoms with Crippen LogP contribution in [0.15, 0.2) is 18.2 Å². The van der Waals surface area contributed by atoms with E-state index in [9.17, 15) is 24.2 Å². The number of carbonyl (C=O) groups is 2. The van der Waals surface area contributed by atoms with Crippen molar-refractivity contribution in [3.05, 3.63) is 51.8 Å². The first-order valence-corrected chi connectivity index (χ1v) is 10.2. The lowest BCUT2D eigenvalue weighted by molar-refractivity contribution is 0.0971. The van der Waals surface area contributed by atoms with Crippen molar-refractivity contribution in [1.82, 2.24) is 4.90 Å². The summed E-state index contributed by atoms with van der Waals surface area (Å²) in [7, 11) is 3.88. The van der Waals surface area contributed by atoms with Crippen LogP contribution in [0.4, 0.5) is 10.1 Å². The van der Waals surface area contributed by atoms with Gasteiger partial charge in [0.05, 0.1) is 27.9 Å². The third-order valence-corrected chi connectivity index (χ3v) is 5.41. The standard InChI is InChI=1S/C21H21FN2O4.C2H6/c1-23(2)8-9-24-7-3-4-11-10-12(22)15-18(19(11)24)21(28)17-14(26)6-5-13(25)16(17)20(15)27;1-2/h5-6,10,25-26H,3-4,7-9H2,1-2H3;1-2H3. The molecule has 2 N–H and O–H groups in total. The van der Waals surface area contributed by atoms with Crippen molar-refractivity contribution in [2.45, 2.75) is 26.7 Å². The van der Waals surface area contributed by atoms with Crippen molar-refractivity contribution >= 4 is 17.3 Å². The van der Waals surface area contributed by atoms with Crippen molar-refractivity contribution in [2.24, 2.45) is 0 Å². The number of carbonyl (C=O) groups excluding carboxylic acids is 2. The second-order valence-corrected chi connectivity index (χ2v) is 7.52. The topological polar surface area (TPSA) is 81.1 Å². The van der Waals surface area contributed by atoms with E-state index in [-0.39, 0.29) is 22.3 Å². The Morgan fingerprint density at radius 2 is 1.57 bits per heavy atom. The molecule has 1 aliphatic heterocycles. The van der Waals surface area contributed by atoms with Crippen LogP contribution in [0, 0.1) is 5.82 Å². The van der Waals surface area contributed by atoms with Crippen molar-refractivity contribution in [3.63, 3.8) is 0 Å². The Morgan fingerprint density at radius 3 is 2.13 bits per heavy atom. The van der Waals surface area contributed by atoms with Crippen LogP contribution in [0.3, 0.4) is 0 Å². The number of ketones is 2. The minimum Gasteiger partial charge on any atom is -0.507 e. The summed E-state index contributed by atoms with van der Waals surface area (Å²) in [5.74, 6) is -3.03. The molecule has 0 bridgehead atoms. The maximum Gasteiger partial charge on any atom is 0.201 e. The molecule has 1 aliphatic carbocycles. The molecule has 30 heavy (non-hydrogen) atoms. The maximum absolute atomic E-state index is 14.9. The highest BCUT2D eigenvalue weighted by Gasteiger charge is 2.40. The van der Waals surface area contributed by atoms with E-state index < -0.39 is 28.9 Å². The van der Waals surface area contributed by atoms with Crippen LogP contribution in [-0.4, -0.2) is 60.4 Å². The Bertz CT molecular complexity index is 1020. The van der Waals surface area contributed by atoms with E-state index in [2.05, 4.69) is 0 Å². The molecule has 0 unspecified atom stereocenters. The molecule has 0 saturated heterocycles. The molecule has 0 saturated carbocycles. The number of phenols is 2. The number of anilines is 1. The zero-order chi connectivity index (χ0) is 22.2. The Labute approximate surface area is 175 Å². The SMILES string of the molecule is CC.CN(C)CCN1CCCc2cc(F)c3c(c21)C(=O)c1c(O)ccc(O)c1C3=O. The number of hydrogen-bond donors (Lipinski definition) is 2. The summed E-state index contributed by atoms with van der Waals surface area (Å²) < 4.78 is 14.9. The van der Waals surface area contributed by atoms with Gasteiger partial charge in [0.1, 0.15) is 17.3 Å². The fourth-order valence-electron chi connectivity index (χ4n) is 4.09. The van der Waals surface area contributed by atoms with Gasteiger partial charge in [0.15, 0.2) is 0 Å². The van der Waals surface area contributed by atoms with Crippen LogP contribution in [0.5, 0.6) is 11.5 Å². The van der Waals surface area contributed by atoms with E-state index in [1.165, 1.54) is 12.1 Å². The fourth-order valence-corrected chi connectivity index (χ4v) is 4.09. The van der Waals surface area contributed by atoms with Crippen molar-refractivity contribution in [1.29, 1.82) is 0 Å². The number of likely N-dealkylation sites (N-methyl/N-ethyl adjacent to an activating group) is 1. The fraction of sp³-hybridized carbons (Fsp3) is 0.391.